The van der Waals surface area contributed by atoms with Crippen LogP contribution in [0.4, 0.5) is 0 Å². The van der Waals surface area contributed by atoms with Crippen LogP contribution < -0.4 is 28.1 Å². The van der Waals surface area contributed by atoms with Crippen LogP contribution in [-0.2, 0) is 38.5 Å². The minimum Gasteiger partial charge on any atom is -1.00 e. The van der Waals surface area contributed by atoms with Gasteiger partial charge in [0.15, 0.2) is 0 Å². The van der Waals surface area contributed by atoms with Crippen molar-refractivity contribution in [3.63, 3.8) is 0 Å². The zero-order valence-electron chi connectivity index (χ0n) is 33.5. The van der Waals surface area contributed by atoms with Gasteiger partial charge in [-0.1, -0.05) is 0 Å². The van der Waals surface area contributed by atoms with Crippen LogP contribution in [0.3, 0.4) is 0 Å². The average Bonchev–Trinajstić information content (AvgIpc) is 3.85. The van der Waals surface area contributed by atoms with E-state index >= 15 is 0 Å². The molecule has 0 amide bonds. The van der Waals surface area contributed by atoms with Gasteiger partial charge < -0.3 is 24.8 Å². The van der Waals surface area contributed by atoms with Crippen molar-refractivity contribution < 1.29 is 46.1 Å². The Balaban J connectivity index is 0.00000266. The first-order valence-electron chi connectivity index (χ1n) is 19.7. The summed E-state index contributed by atoms with van der Waals surface area (Å²) in [6.45, 7) is 14.3. The molecule has 2 aliphatic rings. The molecule has 6 aromatic rings. The fraction of sp³-hybridized carbons (Fsp3) is 0.226. The maximum absolute atomic E-state index is 3.14. The molecule has 0 saturated heterocycles. The summed E-state index contributed by atoms with van der Waals surface area (Å²) in [4.78, 5) is 0. The van der Waals surface area contributed by atoms with Crippen molar-refractivity contribution in [2.45, 2.75) is 77.0 Å². The molecule has 0 spiro atoms. The van der Waals surface area contributed by atoms with E-state index in [9.17, 15) is 0 Å². The third-order valence-corrected chi connectivity index (χ3v) is 19.5. The molecule has 3 heteroatoms. The standard InChI is InChI=1S/C27H22.C21H25.C5H5.2ClH.Zr/c1-5-13-22(14-6-1)26(23-15-7-2-8-16-23)21-27(24-17-9-3-10-18-24)25-19-11-4-12-20-25;1-20(2,3)16-7-9-18-14(12-16)11-15-13-17(21(4,5)6)8-10-19(15)18;1-2-4-5-3-1;;;/h1-20,26-27H;7-10,12H,11H2,1-6H3;1-3H,4H2;2*1H;/q;;;;;+2/p-2. The fourth-order valence-corrected chi connectivity index (χ4v) is 18.9. The Hall–Kier alpha value is -3.87. The summed E-state index contributed by atoms with van der Waals surface area (Å²) in [5, 5.41) is 0. The Labute approximate surface area is 355 Å². The van der Waals surface area contributed by atoms with Crippen molar-refractivity contribution in [3.8, 4) is 11.1 Å². The van der Waals surface area contributed by atoms with E-state index in [1.807, 2.05) is 0 Å². The fourth-order valence-electron chi connectivity index (χ4n) is 8.92. The molecule has 0 heterocycles. The molecule has 0 radical (unpaired) electrons. The SMILES string of the molecule is CC(C)(C)c1ccc2c(c1)Cc1c-2ccc(C(C)(C)C)[c]1[Zr+2]([C]1=CC=CC1)=[C](C(c1ccccc1)c1ccccc1)C(c1ccccc1)c1ccccc1.[Cl-].[Cl-]. The van der Waals surface area contributed by atoms with Gasteiger partial charge in [-0.05, 0) is 0 Å². The Morgan fingerprint density at radius 3 is 1.41 bits per heavy atom. The monoisotopic (exact) mass is 848 g/mol. The van der Waals surface area contributed by atoms with Gasteiger partial charge in [0.05, 0.1) is 0 Å². The minimum absolute atomic E-state index is 0. The molecule has 282 valence electrons. The third kappa shape index (κ3) is 8.25. The smallest absolute Gasteiger partial charge is 1.00 e. The molecule has 0 aliphatic heterocycles. The molecular formula is C53H52Cl2Zr. The van der Waals surface area contributed by atoms with Gasteiger partial charge >= 0.3 is 334 Å². The molecule has 0 nitrogen and oxygen atoms in total. The van der Waals surface area contributed by atoms with E-state index in [0.717, 1.165) is 12.8 Å². The van der Waals surface area contributed by atoms with Gasteiger partial charge in [0.1, 0.15) is 0 Å². The summed E-state index contributed by atoms with van der Waals surface area (Å²) in [5.41, 5.74) is 14.5. The maximum atomic E-state index is 2.53. The molecule has 0 saturated carbocycles. The molecule has 0 aromatic heterocycles. The van der Waals surface area contributed by atoms with Crippen molar-refractivity contribution in [1.82, 2.24) is 0 Å². The molecule has 0 bridgehead atoms. The van der Waals surface area contributed by atoms with Gasteiger partial charge in [0.2, 0.25) is 0 Å². The molecule has 0 atom stereocenters. The number of halogens is 2. The third-order valence-electron chi connectivity index (χ3n) is 11.5. The van der Waals surface area contributed by atoms with E-state index in [-0.39, 0.29) is 47.5 Å². The largest absolute Gasteiger partial charge is 1.00 e. The first kappa shape index (κ1) is 41.8. The molecule has 56 heavy (non-hydrogen) atoms. The van der Waals surface area contributed by atoms with E-state index in [2.05, 4.69) is 211 Å². The van der Waals surface area contributed by atoms with Crippen LogP contribution in [0, 0.1) is 0 Å². The van der Waals surface area contributed by atoms with Crippen LogP contribution in [0.1, 0.15) is 104 Å². The van der Waals surface area contributed by atoms with Gasteiger partial charge in [-0.3, -0.25) is 0 Å². The zero-order valence-corrected chi connectivity index (χ0v) is 37.5. The summed E-state index contributed by atoms with van der Waals surface area (Å²) in [6, 6.07) is 58.1. The average molecular weight is 851 g/mol. The van der Waals surface area contributed by atoms with Crippen LogP contribution in [0.5, 0.6) is 0 Å². The van der Waals surface area contributed by atoms with Crippen LogP contribution in [0.25, 0.3) is 11.1 Å². The molecule has 2 aliphatic carbocycles. The Bertz CT molecular complexity index is 2210. The second kappa shape index (κ2) is 17.3. The van der Waals surface area contributed by atoms with E-state index in [1.54, 1.807) is 15.3 Å². The zero-order chi connectivity index (χ0) is 37.5. The second-order valence-corrected chi connectivity index (χ2v) is 23.3. The van der Waals surface area contributed by atoms with Gasteiger partial charge in [0.25, 0.3) is 0 Å². The topological polar surface area (TPSA) is 0 Å². The number of hydrogen-bond acceptors (Lipinski definition) is 0. The van der Waals surface area contributed by atoms with Crippen LogP contribution in [0.2, 0.25) is 0 Å². The molecule has 0 N–H and O–H groups in total. The van der Waals surface area contributed by atoms with Gasteiger partial charge in [-0.25, -0.2) is 0 Å². The quantitative estimate of drug-likeness (QED) is 0.158. The summed E-state index contributed by atoms with van der Waals surface area (Å²) >= 11 is -3.14. The maximum Gasteiger partial charge on any atom is -1.00 e. The van der Waals surface area contributed by atoms with Crippen molar-refractivity contribution in [2.75, 3.05) is 0 Å². The molecule has 0 fully saturated rings. The Morgan fingerprint density at radius 2 is 1.00 bits per heavy atom. The van der Waals surface area contributed by atoms with E-state index < -0.39 is 21.3 Å². The summed E-state index contributed by atoms with van der Waals surface area (Å²) in [7, 11) is 0. The minimum atomic E-state index is -3.14. The van der Waals surface area contributed by atoms with E-state index in [0.29, 0.717) is 0 Å². The van der Waals surface area contributed by atoms with Gasteiger partial charge in [0, 0.05) is 0 Å². The van der Waals surface area contributed by atoms with Crippen molar-refractivity contribution in [2.24, 2.45) is 0 Å². The molecule has 6 aromatic carbocycles. The molecular weight excluding hydrogens is 799 g/mol. The van der Waals surface area contributed by atoms with Crippen LogP contribution >= 0.6 is 0 Å². The Morgan fingerprint density at radius 1 is 0.536 bits per heavy atom. The number of benzene rings is 6. The van der Waals surface area contributed by atoms with Crippen molar-refractivity contribution in [3.05, 3.63) is 218 Å². The number of rotatable bonds is 8. The van der Waals surface area contributed by atoms with Crippen molar-refractivity contribution >= 4 is 6.48 Å². The first-order chi connectivity index (χ1) is 26.1. The predicted molar refractivity (Wildman–Crippen MR) is 228 cm³/mol. The number of hydrogen-bond donors (Lipinski definition) is 0. The number of fused-ring (bicyclic) bond motifs is 3. The van der Waals surface area contributed by atoms with Gasteiger partial charge in [-0.15, -0.1) is 0 Å². The normalized spacial score (nSPS) is 12.9. The van der Waals surface area contributed by atoms with Crippen LogP contribution in [-0.4, -0.2) is 3.21 Å². The Kier molecular flexibility index (Phi) is 12.9. The predicted octanol–water partition coefficient (Wildman–Crippen LogP) is 6.78. The van der Waals surface area contributed by atoms with Crippen LogP contribution in [0.15, 0.2) is 173 Å². The van der Waals surface area contributed by atoms with E-state index in [1.165, 1.54) is 50.1 Å². The summed E-state index contributed by atoms with van der Waals surface area (Å²) in [5.74, 6) is 0.238. The van der Waals surface area contributed by atoms with Gasteiger partial charge in [-0.2, -0.15) is 0 Å². The van der Waals surface area contributed by atoms with Crippen molar-refractivity contribution in [1.29, 1.82) is 0 Å². The first-order valence-corrected chi connectivity index (χ1v) is 23.4. The number of allylic oxidation sites excluding steroid dienone is 4. The van der Waals surface area contributed by atoms with E-state index in [4.69, 9.17) is 0 Å². The molecule has 8 rings (SSSR count). The second-order valence-electron chi connectivity index (χ2n) is 17.2. The summed E-state index contributed by atoms with van der Waals surface area (Å²) < 4.78 is 5.09. The molecule has 0 unspecified atom stereocenters. The summed E-state index contributed by atoms with van der Waals surface area (Å²) in [6.07, 6.45) is 9.31.